The Labute approximate surface area is 106 Å². The zero-order valence-electron chi connectivity index (χ0n) is 10.9. The van der Waals surface area contributed by atoms with Crippen molar-refractivity contribution in [2.75, 3.05) is 26.3 Å². The Morgan fingerprint density at radius 2 is 2.06 bits per heavy atom. The van der Waals surface area contributed by atoms with Crippen LogP contribution in [0.2, 0.25) is 0 Å². The van der Waals surface area contributed by atoms with E-state index in [1.165, 1.54) is 4.90 Å². The zero-order valence-corrected chi connectivity index (χ0v) is 10.9. The van der Waals surface area contributed by atoms with Crippen LogP contribution in [0.4, 0.5) is 4.79 Å². The van der Waals surface area contributed by atoms with Crippen molar-refractivity contribution in [1.82, 2.24) is 9.80 Å². The summed E-state index contributed by atoms with van der Waals surface area (Å²) in [6.07, 6.45) is 1.30. The minimum absolute atomic E-state index is 0.173. The van der Waals surface area contributed by atoms with Crippen molar-refractivity contribution in [2.24, 2.45) is 0 Å². The Hall–Kier alpha value is -1.30. The average Bonchev–Trinajstić information content (AvgIpc) is 2.76. The predicted octanol–water partition coefficient (Wildman–Crippen LogP) is 0.766. The largest absolute Gasteiger partial charge is 0.480 e. The molecule has 0 aromatic heterocycles. The number of ether oxygens (including phenoxy) is 1. The first-order valence-electron chi connectivity index (χ1n) is 6.32. The normalized spacial score (nSPS) is 27.3. The van der Waals surface area contributed by atoms with Gasteiger partial charge in [0.2, 0.25) is 0 Å². The van der Waals surface area contributed by atoms with E-state index in [9.17, 15) is 9.59 Å². The molecule has 2 saturated heterocycles. The number of aliphatic carboxylic acids is 1. The summed E-state index contributed by atoms with van der Waals surface area (Å²) in [6.45, 7) is 5.94. The molecule has 2 fully saturated rings. The number of hydrogen-bond donors (Lipinski definition) is 1. The fourth-order valence-electron chi connectivity index (χ4n) is 2.62. The highest BCUT2D eigenvalue weighted by atomic mass is 16.5. The van der Waals surface area contributed by atoms with Gasteiger partial charge in [0, 0.05) is 13.1 Å². The quantitative estimate of drug-likeness (QED) is 0.752. The van der Waals surface area contributed by atoms with E-state index in [2.05, 4.69) is 0 Å². The molecule has 102 valence electrons. The maximum atomic E-state index is 12.5. The molecular formula is C12H20N2O4. The number of likely N-dealkylation sites (tertiary alicyclic amines) is 1. The van der Waals surface area contributed by atoms with Gasteiger partial charge in [0.15, 0.2) is 0 Å². The standard InChI is InChI=1S/C12H20N2O4/c1-12(2)8-18-7-6-14(12)11(17)13-5-3-4-9(13)10(15)16/h9H,3-8H2,1-2H3,(H,15,16). The van der Waals surface area contributed by atoms with Gasteiger partial charge in [0.05, 0.1) is 18.8 Å². The molecule has 0 radical (unpaired) electrons. The summed E-state index contributed by atoms with van der Waals surface area (Å²) >= 11 is 0. The van der Waals surface area contributed by atoms with Gasteiger partial charge in [-0.2, -0.15) is 0 Å². The molecule has 0 bridgehead atoms. The third-order valence-electron chi connectivity index (χ3n) is 3.66. The monoisotopic (exact) mass is 256 g/mol. The number of morpholine rings is 1. The summed E-state index contributed by atoms with van der Waals surface area (Å²) in [5.74, 6) is -0.910. The van der Waals surface area contributed by atoms with Crippen LogP contribution in [0.3, 0.4) is 0 Å². The fraction of sp³-hybridized carbons (Fsp3) is 0.833. The summed E-state index contributed by atoms with van der Waals surface area (Å²) in [4.78, 5) is 26.8. The Morgan fingerprint density at radius 3 is 2.67 bits per heavy atom. The number of carboxylic acid groups (broad SMARTS) is 1. The molecule has 2 rings (SSSR count). The van der Waals surface area contributed by atoms with Gasteiger partial charge < -0.3 is 19.6 Å². The van der Waals surface area contributed by atoms with Crippen molar-refractivity contribution in [3.8, 4) is 0 Å². The summed E-state index contributed by atoms with van der Waals surface area (Å²) < 4.78 is 5.37. The van der Waals surface area contributed by atoms with E-state index < -0.39 is 12.0 Å². The highest BCUT2D eigenvalue weighted by Crippen LogP contribution is 2.25. The molecule has 0 saturated carbocycles. The van der Waals surface area contributed by atoms with Crippen LogP contribution >= 0.6 is 0 Å². The summed E-state index contributed by atoms with van der Waals surface area (Å²) in [5, 5.41) is 9.12. The fourth-order valence-corrected chi connectivity index (χ4v) is 2.62. The van der Waals surface area contributed by atoms with E-state index in [1.807, 2.05) is 13.8 Å². The van der Waals surface area contributed by atoms with Gasteiger partial charge >= 0.3 is 12.0 Å². The molecule has 1 N–H and O–H groups in total. The predicted molar refractivity (Wildman–Crippen MR) is 64.4 cm³/mol. The Kier molecular flexibility index (Phi) is 3.47. The molecule has 18 heavy (non-hydrogen) atoms. The molecule has 0 spiro atoms. The highest BCUT2D eigenvalue weighted by molar-refractivity contribution is 5.83. The molecule has 6 heteroatoms. The molecule has 0 aliphatic carbocycles. The van der Waals surface area contributed by atoms with Crippen molar-refractivity contribution in [3.05, 3.63) is 0 Å². The van der Waals surface area contributed by atoms with E-state index in [-0.39, 0.29) is 11.6 Å². The lowest BCUT2D eigenvalue weighted by Gasteiger charge is -2.44. The number of carbonyl (C=O) groups excluding carboxylic acids is 1. The van der Waals surface area contributed by atoms with Crippen LogP contribution in [0, 0.1) is 0 Å². The number of carbonyl (C=O) groups is 2. The van der Waals surface area contributed by atoms with E-state index in [4.69, 9.17) is 9.84 Å². The molecule has 2 amide bonds. The zero-order chi connectivity index (χ0) is 13.3. The highest BCUT2D eigenvalue weighted by Gasteiger charge is 2.41. The van der Waals surface area contributed by atoms with Crippen LogP contribution in [-0.4, -0.2) is 64.8 Å². The van der Waals surface area contributed by atoms with Crippen LogP contribution < -0.4 is 0 Å². The van der Waals surface area contributed by atoms with E-state index in [0.29, 0.717) is 32.7 Å². The third-order valence-corrected chi connectivity index (χ3v) is 3.66. The number of amides is 2. The second-order valence-corrected chi connectivity index (χ2v) is 5.49. The SMILES string of the molecule is CC1(C)COCCN1C(=O)N1CCCC1C(=O)O. The van der Waals surface area contributed by atoms with Crippen molar-refractivity contribution in [2.45, 2.75) is 38.3 Å². The van der Waals surface area contributed by atoms with Crippen molar-refractivity contribution in [3.63, 3.8) is 0 Å². The number of urea groups is 1. The van der Waals surface area contributed by atoms with Crippen molar-refractivity contribution >= 4 is 12.0 Å². The van der Waals surface area contributed by atoms with E-state index in [0.717, 1.165) is 6.42 Å². The second-order valence-electron chi connectivity index (χ2n) is 5.49. The average molecular weight is 256 g/mol. The number of rotatable bonds is 1. The van der Waals surface area contributed by atoms with Crippen LogP contribution in [0.15, 0.2) is 0 Å². The van der Waals surface area contributed by atoms with Crippen LogP contribution in [0.5, 0.6) is 0 Å². The molecule has 1 unspecified atom stereocenters. The Balaban J connectivity index is 2.12. The molecule has 2 aliphatic heterocycles. The van der Waals surface area contributed by atoms with E-state index in [1.54, 1.807) is 4.90 Å². The van der Waals surface area contributed by atoms with Gasteiger partial charge in [-0.1, -0.05) is 0 Å². The first-order chi connectivity index (χ1) is 8.43. The van der Waals surface area contributed by atoms with Gasteiger partial charge in [-0.3, -0.25) is 0 Å². The van der Waals surface area contributed by atoms with E-state index >= 15 is 0 Å². The van der Waals surface area contributed by atoms with Gasteiger partial charge in [-0.15, -0.1) is 0 Å². The molecule has 0 aromatic rings. The molecule has 6 nitrogen and oxygen atoms in total. The molecule has 2 heterocycles. The smallest absolute Gasteiger partial charge is 0.326 e. The lowest BCUT2D eigenvalue weighted by molar-refractivity contribution is -0.141. The van der Waals surface area contributed by atoms with Gasteiger partial charge in [-0.05, 0) is 26.7 Å². The maximum Gasteiger partial charge on any atom is 0.326 e. The third kappa shape index (κ3) is 2.29. The lowest BCUT2D eigenvalue weighted by Crippen LogP contribution is -2.60. The van der Waals surface area contributed by atoms with Crippen molar-refractivity contribution in [1.29, 1.82) is 0 Å². The molecule has 1 atom stereocenters. The second kappa shape index (κ2) is 4.76. The number of nitrogens with zero attached hydrogens (tertiary/aromatic N) is 2. The molecular weight excluding hydrogens is 236 g/mol. The lowest BCUT2D eigenvalue weighted by atomic mass is 10.0. The van der Waals surface area contributed by atoms with Gasteiger partial charge in [0.1, 0.15) is 6.04 Å². The Morgan fingerprint density at radius 1 is 1.33 bits per heavy atom. The van der Waals surface area contributed by atoms with Crippen LogP contribution in [0.25, 0.3) is 0 Å². The molecule has 0 aromatic carbocycles. The van der Waals surface area contributed by atoms with Crippen molar-refractivity contribution < 1.29 is 19.4 Å². The first kappa shape index (κ1) is 13.1. The maximum absolute atomic E-state index is 12.5. The number of hydrogen-bond acceptors (Lipinski definition) is 3. The van der Waals surface area contributed by atoms with Gasteiger partial charge in [-0.25, -0.2) is 9.59 Å². The first-order valence-corrected chi connectivity index (χ1v) is 6.32. The minimum atomic E-state index is -0.910. The summed E-state index contributed by atoms with van der Waals surface area (Å²) in [7, 11) is 0. The van der Waals surface area contributed by atoms with Gasteiger partial charge in [0.25, 0.3) is 0 Å². The molecule has 2 aliphatic rings. The minimum Gasteiger partial charge on any atom is -0.480 e. The topological polar surface area (TPSA) is 70.1 Å². The number of carboxylic acids is 1. The van der Waals surface area contributed by atoms with Crippen LogP contribution in [-0.2, 0) is 9.53 Å². The summed E-state index contributed by atoms with van der Waals surface area (Å²) in [6, 6.07) is -0.843. The summed E-state index contributed by atoms with van der Waals surface area (Å²) in [5.41, 5.74) is -0.374. The Bertz CT molecular complexity index is 356. The van der Waals surface area contributed by atoms with Crippen LogP contribution in [0.1, 0.15) is 26.7 Å².